The van der Waals surface area contributed by atoms with Crippen LogP contribution in [0.25, 0.3) is 23.0 Å². The Morgan fingerprint density at radius 3 is 2.70 bits per heavy atom. The van der Waals surface area contributed by atoms with Gasteiger partial charge in [-0.05, 0) is 43.3 Å². The molecule has 0 N–H and O–H groups in total. The maximum absolute atomic E-state index is 12.7. The number of carbonyl (C=O) groups excluding carboxylic acids is 2. The van der Waals surface area contributed by atoms with Crippen molar-refractivity contribution in [3.8, 4) is 22.7 Å². The minimum absolute atomic E-state index is 0.163. The van der Waals surface area contributed by atoms with Crippen LogP contribution in [0.2, 0.25) is 5.02 Å². The number of amides is 1. The molecule has 0 aliphatic carbocycles. The fourth-order valence-corrected chi connectivity index (χ4v) is 4.74. The third-order valence-electron chi connectivity index (χ3n) is 4.72. The molecule has 3 aromatic rings. The highest BCUT2D eigenvalue weighted by molar-refractivity contribution is 8.26. The molecule has 1 fully saturated rings. The van der Waals surface area contributed by atoms with E-state index in [2.05, 4.69) is 0 Å². The average molecular weight is 499 g/mol. The molecule has 1 saturated heterocycles. The second-order valence-corrected chi connectivity index (χ2v) is 9.01. The van der Waals surface area contributed by atoms with Crippen molar-refractivity contribution < 1.29 is 19.4 Å². The fourth-order valence-electron chi connectivity index (χ4n) is 3.26. The van der Waals surface area contributed by atoms with E-state index in [1.807, 2.05) is 43.3 Å². The van der Waals surface area contributed by atoms with Gasteiger partial charge in [-0.15, -0.1) is 0 Å². The van der Waals surface area contributed by atoms with Crippen LogP contribution in [0.5, 0.6) is 5.75 Å². The number of carboxylic acids is 1. The minimum atomic E-state index is -1.38. The number of thiocarbonyl (C=S) groups is 1. The van der Waals surface area contributed by atoms with Crippen LogP contribution < -0.4 is 9.84 Å². The summed E-state index contributed by atoms with van der Waals surface area (Å²) in [6.45, 7) is 1.77. The predicted octanol–water partition coefficient (Wildman–Crippen LogP) is 3.54. The van der Waals surface area contributed by atoms with Gasteiger partial charge in [0.15, 0.2) is 0 Å². The molecule has 2 heterocycles. The van der Waals surface area contributed by atoms with Crippen molar-refractivity contribution in [2.75, 3.05) is 13.2 Å². The maximum Gasteiger partial charge on any atom is 0.266 e. The number of hydrogen-bond donors (Lipinski definition) is 0. The fraction of sp³-hybridized carbons (Fsp3) is 0.130. The van der Waals surface area contributed by atoms with Crippen molar-refractivity contribution in [2.24, 2.45) is 0 Å². The molecule has 7 nitrogen and oxygen atoms in total. The van der Waals surface area contributed by atoms with Gasteiger partial charge in [-0.2, -0.15) is 5.10 Å². The van der Waals surface area contributed by atoms with Gasteiger partial charge < -0.3 is 14.6 Å². The van der Waals surface area contributed by atoms with Gasteiger partial charge >= 0.3 is 0 Å². The molecule has 0 unspecified atom stereocenters. The van der Waals surface area contributed by atoms with E-state index in [1.54, 1.807) is 29.1 Å². The molecule has 0 bridgehead atoms. The molecule has 1 aliphatic heterocycles. The highest BCUT2D eigenvalue weighted by Crippen LogP contribution is 2.36. The molecule has 0 atom stereocenters. The molecule has 33 heavy (non-hydrogen) atoms. The van der Waals surface area contributed by atoms with Crippen LogP contribution in [0.15, 0.2) is 59.6 Å². The van der Waals surface area contributed by atoms with Crippen molar-refractivity contribution in [3.63, 3.8) is 0 Å². The standard InChI is InChI=1S/C23H18ClN3O4S2/c1-2-31-18-9-8-14(10-17(18)24)21-15(12-27(25-21)16-6-4-3-5-7-16)11-19-22(30)26(13-20(28)29)23(32)33-19/h3-12H,2,13H2,1H3,(H,28,29)/p-1/b19-11-. The molecule has 2 aromatic carbocycles. The van der Waals surface area contributed by atoms with Crippen molar-refractivity contribution >= 4 is 57.9 Å². The number of aromatic nitrogens is 2. The third kappa shape index (κ3) is 4.95. The number of hydrogen-bond acceptors (Lipinski definition) is 7. The molecule has 0 radical (unpaired) electrons. The Morgan fingerprint density at radius 2 is 2.03 bits per heavy atom. The Morgan fingerprint density at radius 1 is 1.27 bits per heavy atom. The van der Waals surface area contributed by atoms with Gasteiger partial charge in [0.1, 0.15) is 15.8 Å². The molecule has 4 rings (SSSR count). The number of para-hydroxylation sites is 1. The van der Waals surface area contributed by atoms with Crippen LogP contribution in [-0.2, 0) is 9.59 Å². The summed E-state index contributed by atoms with van der Waals surface area (Å²) in [6, 6.07) is 14.9. The second kappa shape index (κ2) is 9.78. The summed E-state index contributed by atoms with van der Waals surface area (Å²) in [4.78, 5) is 25.0. The Balaban J connectivity index is 1.79. The van der Waals surface area contributed by atoms with E-state index in [0.717, 1.165) is 27.9 Å². The smallest absolute Gasteiger partial charge is 0.266 e. The van der Waals surface area contributed by atoms with Crippen molar-refractivity contribution in [3.05, 3.63) is 70.2 Å². The van der Waals surface area contributed by atoms with E-state index in [9.17, 15) is 14.7 Å². The average Bonchev–Trinajstić information content (AvgIpc) is 3.32. The minimum Gasteiger partial charge on any atom is -0.548 e. The van der Waals surface area contributed by atoms with Crippen LogP contribution in [-0.4, -0.2) is 44.0 Å². The largest absolute Gasteiger partial charge is 0.548 e. The Hall–Kier alpha value is -3.14. The van der Waals surface area contributed by atoms with E-state index < -0.39 is 18.4 Å². The number of carboxylic acid groups (broad SMARTS) is 1. The molecular weight excluding hydrogens is 482 g/mol. The summed E-state index contributed by atoms with van der Waals surface area (Å²) in [7, 11) is 0. The van der Waals surface area contributed by atoms with E-state index in [1.165, 1.54) is 0 Å². The summed E-state index contributed by atoms with van der Waals surface area (Å²) in [5.41, 5.74) is 2.80. The Bertz CT molecular complexity index is 1270. The van der Waals surface area contributed by atoms with Crippen LogP contribution in [0.3, 0.4) is 0 Å². The van der Waals surface area contributed by atoms with E-state index in [4.69, 9.17) is 33.7 Å². The monoisotopic (exact) mass is 498 g/mol. The number of halogens is 1. The lowest BCUT2D eigenvalue weighted by Crippen LogP contribution is -2.40. The van der Waals surface area contributed by atoms with Gasteiger partial charge in [0.2, 0.25) is 0 Å². The topological polar surface area (TPSA) is 87.5 Å². The summed E-state index contributed by atoms with van der Waals surface area (Å²) >= 11 is 12.6. The van der Waals surface area contributed by atoms with Crippen molar-refractivity contribution in [2.45, 2.75) is 6.92 Å². The first kappa shape index (κ1) is 23.0. The summed E-state index contributed by atoms with van der Waals surface area (Å²) in [5, 5.41) is 16.1. The van der Waals surface area contributed by atoms with Crippen molar-refractivity contribution in [1.82, 2.24) is 14.7 Å². The molecule has 168 valence electrons. The SMILES string of the molecule is CCOc1ccc(-c2nn(-c3ccccc3)cc2/C=C2\SC(=S)N(CC(=O)[O-])C2=O)cc1Cl. The summed E-state index contributed by atoms with van der Waals surface area (Å²) < 4.78 is 7.38. The zero-order chi connectivity index (χ0) is 23.5. The second-order valence-electron chi connectivity index (χ2n) is 6.93. The lowest BCUT2D eigenvalue weighted by atomic mass is 10.1. The summed E-state index contributed by atoms with van der Waals surface area (Å²) in [6.07, 6.45) is 3.45. The van der Waals surface area contributed by atoms with E-state index in [0.29, 0.717) is 33.5 Å². The van der Waals surface area contributed by atoms with Gasteiger partial charge in [0, 0.05) is 17.3 Å². The molecule has 1 amide bonds. The van der Waals surface area contributed by atoms with Crippen LogP contribution in [0, 0.1) is 0 Å². The maximum atomic E-state index is 12.7. The van der Waals surface area contributed by atoms with Crippen molar-refractivity contribution in [1.29, 1.82) is 0 Å². The molecular formula is C23H17ClN3O4S2-. The Labute approximate surface area is 204 Å². The first-order chi connectivity index (χ1) is 15.9. The zero-order valence-electron chi connectivity index (χ0n) is 17.4. The third-order valence-corrected chi connectivity index (χ3v) is 6.39. The number of benzene rings is 2. The highest BCUT2D eigenvalue weighted by atomic mass is 35.5. The quantitative estimate of drug-likeness (QED) is 0.363. The van der Waals surface area contributed by atoms with E-state index >= 15 is 0 Å². The zero-order valence-corrected chi connectivity index (χ0v) is 19.7. The van der Waals surface area contributed by atoms with Gasteiger partial charge in [-0.1, -0.05) is 53.8 Å². The predicted molar refractivity (Wildman–Crippen MR) is 130 cm³/mol. The number of carbonyl (C=O) groups is 2. The Kier molecular flexibility index (Phi) is 6.83. The van der Waals surface area contributed by atoms with Crippen LogP contribution >= 0.6 is 35.6 Å². The lowest BCUT2D eigenvalue weighted by molar-refractivity contribution is -0.305. The molecule has 0 saturated carbocycles. The van der Waals surface area contributed by atoms with Gasteiger partial charge in [0.05, 0.1) is 34.7 Å². The molecule has 1 aliphatic rings. The van der Waals surface area contributed by atoms with Crippen LogP contribution in [0.4, 0.5) is 0 Å². The number of thioether (sulfide) groups is 1. The normalized spacial score (nSPS) is 14.8. The number of ether oxygens (including phenoxy) is 1. The molecule has 0 spiro atoms. The number of rotatable bonds is 7. The first-order valence-corrected chi connectivity index (χ1v) is 11.5. The van der Waals surface area contributed by atoms with E-state index in [-0.39, 0.29) is 4.32 Å². The van der Waals surface area contributed by atoms with Gasteiger partial charge in [0.25, 0.3) is 5.91 Å². The van der Waals surface area contributed by atoms with Crippen LogP contribution in [0.1, 0.15) is 12.5 Å². The number of nitrogens with zero attached hydrogens (tertiary/aromatic N) is 3. The van der Waals surface area contributed by atoms with Gasteiger partial charge in [-0.3, -0.25) is 9.69 Å². The number of aliphatic carboxylic acids is 1. The molecule has 1 aromatic heterocycles. The summed E-state index contributed by atoms with van der Waals surface area (Å²) in [5.74, 6) is -1.30. The lowest BCUT2D eigenvalue weighted by Gasteiger charge is -2.14. The molecule has 10 heteroatoms. The highest BCUT2D eigenvalue weighted by Gasteiger charge is 2.32. The van der Waals surface area contributed by atoms with Gasteiger partial charge in [-0.25, -0.2) is 4.68 Å². The first-order valence-electron chi connectivity index (χ1n) is 9.90.